The van der Waals surface area contributed by atoms with Crippen LogP contribution in [0.5, 0.6) is 0 Å². The van der Waals surface area contributed by atoms with Crippen LogP contribution < -0.4 is 9.80 Å². The highest BCUT2D eigenvalue weighted by atomic mass is 35.5. The molecule has 0 saturated carbocycles. The predicted octanol–water partition coefficient (Wildman–Crippen LogP) is 1.47. The Morgan fingerprint density at radius 2 is 1.79 bits per heavy atom. The molecule has 1 N–H and O–H groups in total. The Kier molecular flexibility index (Phi) is 6.39. The lowest BCUT2D eigenvalue weighted by Crippen LogP contribution is -3.15. The van der Waals surface area contributed by atoms with Crippen LogP contribution in [-0.4, -0.2) is 60.1 Å². The van der Waals surface area contributed by atoms with Gasteiger partial charge in [-0.25, -0.2) is 4.68 Å². The van der Waals surface area contributed by atoms with Crippen LogP contribution in [0.15, 0.2) is 54.6 Å². The van der Waals surface area contributed by atoms with Crippen molar-refractivity contribution < 1.29 is 9.64 Å². The minimum atomic E-state index is 0.0528. The summed E-state index contributed by atoms with van der Waals surface area (Å²) in [5.74, 6) is 0.868. The summed E-state index contributed by atoms with van der Waals surface area (Å²) in [5, 5.41) is 13.3. The summed E-state index contributed by atoms with van der Waals surface area (Å²) in [6.45, 7) is 5.18. The third kappa shape index (κ3) is 4.58. The van der Waals surface area contributed by atoms with Crippen LogP contribution in [0.3, 0.4) is 0 Å². The number of anilines is 1. The maximum atomic E-state index is 6.14. The van der Waals surface area contributed by atoms with Gasteiger partial charge in [-0.2, -0.15) is 0 Å². The lowest BCUT2D eigenvalue weighted by atomic mass is 10.0. The van der Waals surface area contributed by atoms with Crippen LogP contribution in [0.2, 0.25) is 5.02 Å². The van der Waals surface area contributed by atoms with Crippen LogP contribution in [0.1, 0.15) is 17.4 Å². The number of tetrazole rings is 1. The number of aromatic nitrogens is 4. The Hall–Kier alpha value is -2.48. The second-order valence-electron chi connectivity index (χ2n) is 7.22. The third-order valence-corrected chi connectivity index (χ3v) is 5.72. The molecule has 1 fully saturated rings. The third-order valence-electron chi connectivity index (χ3n) is 5.46. The van der Waals surface area contributed by atoms with Crippen LogP contribution in [0.4, 0.5) is 5.69 Å². The fourth-order valence-electron chi connectivity index (χ4n) is 3.96. The van der Waals surface area contributed by atoms with Gasteiger partial charge < -0.3 is 14.5 Å². The Morgan fingerprint density at radius 1 is 1.07 bits per heavy atom. The number of rotatable bonds is 7. The predicted molar refractivity (Wildman–Crippen MR) is 112 cm³/mol. The van der Waals surface area contributed by atoms with Gasteiger partial charge in [0.15, 0.2) is 6.04 Å². The quantitative estimate of drug-likeness (QED) is 0.635. The van der Waals surface area contributed by atoms with E-state index in [9.17, 15) is 0 Å². The molecule has 3 aromatic rings. The molecule has 29 heavy (non-hydrogen) atoms. The highest BCUT2D eigenvalue weighted by Crippen LogP contribution is 2.21. The molecule has 8 heteroatoms. The number of hydrogen-bond acceptors (Lipinski definition) is 5. The second-order valence-corrected chi connectivity index (χ2v) is 7.65. The zero-order valence-corrected chi connectivity index (χ0v) is 17.3. The van der Waals surface area contributed by atoms with Crippen LogP contribution >= 0.6 is 11.6 Å². The Morgan fingerprint density at radius 3 is 2.48 bits per heavy atom. The first-order valence-corrected chi connectivity index (χ1v) is 10.3. The van der Waals surface area contributed by atoms with Gasteiger partial charge in [0.2, 0.25) is 5.82 Å². The zero-order chi connectivity index (χ0) is 20.1. The van der Waals surface area contributed by atoms with Crippen molar-refractivity contribution in [1.29, 1.82) is 0 Å². The number of nitrogens with one attached hydrogen (secondary N) is 1. The number of ether oxygens (including phenoxy) is 1. The van der Waals surface area contributed by atoms with Crippen molar-refractivity contribution >= 4 is 17.3 Å². The number of quaternary nitrogens is 1. The molecule has 0 bridgehead atoms. The first kappa shape index (κ1) is 19.8. The van der Waals surface area contributed by atoms with Crippen molar-refractivity contribution in [2.75, 3.05) is 44.8 Å². The van der Waals surface area contributed by atoms with Gasteiger partial charge in [0.25, 0.3) is 0 Å². The molecule has 0 radical (unpaired) electrons. The summed E-state index contributed by atoms with van der Waals surface area (Å²) < 4.78 is 7.09. The Balaban J connectivity index is 1.58. The van der Waals surface area contributed by atoms with E-state index in [1.54, 1.807) is 7.11 Å². The van der Waals surface area contributed by atoms with Crippen molar-refractivity contribution in [2.45, 2.75) is 12.6 Å². The SMILES string of the molecule is COCCn1nnnc1[C@H](c1ccc(Cl)cc1)[NH+]1CCN(c2ccccc2)CC1. The topological polar surface area (TPSA) is 60.5 Å². The van der Waals surface area contributed by atoms with Gasteiger partial charge in [-0.1, -0.05) is 41.9 Å². The van der Waals surface area contributed by atoms with E-state index in [-0.39, 0.29) is 6.04 Å². The lowest BCUT2D eigenvalue weighted by Gasteiger charge is -2.37. The molecular formula is C21H26ClN6O+. The summed E-state index contributed by atoms with van der Waals surface area (Å²) in [7, 11) is 1.69. The van der Waals surface area contributed by atoms with E-state index in [0.29, 0.717) is 13.2 Å². The highest BCUT2D eigenvalue weighted by Gasteiger charge is 2.34. The van der Waals surface area contributed by atoms with E-state index in [1.165, 1.54) is 16.2 Å². The van der Waals surface area contributed by atoms with Crippen molar-refractivity contribution in [1.82, 2.24) is 20.2 Å². The van der Waals surface area contributed by atoms with Crippen LogP contribution in [-0.2, 0) is 11.3 Å². The van der Waals surface area contributed by atoms with Gasteiger partial charge in [0.05, 0.1) is 39.3 Å². The number of benzene rings is 2. The molecule has 1 aliphatic heterocycles. The first-order valence-electron chi connectivity index (χ1n) is 9.91. The first-order chi connectivity index (χ1) is 14.3. The molecule has 0 unspecified atom stereocenters. The van der Waals surface area contributed by atoms with Crippen molar-refractivity contribution in [2.24, 2.45) is 0 Å². The molecular weight excluding hydrogens is 388 g/mol. The Bertz CT molecular complexity index is 893. The maximum Gasteiger partial charge on any atom is 0.214 e. The smallest absolute Gasteiger partial charge is 0.214 e. The van der Waals surface area contributed by atoms with Crippen molar-refractivity contribution in [3.05, 3.63) is 71.0 Å². The molecule has 2 heterocycles. The molecule has 0 amide bonds. The molecule has 1 atom stereocenters. The molecule has 1 aliphatic rings. The Labute approximate surface area is 175 Å². The summed E-state index contributed by atoms with van der Waals surface area (Å²) >= 11 is 6.14. The van der Waals surface area contributed by atoms with Gasteiger partial charge >= 0.3 is 0 Å². The molecule has 7 nitrogen and oxygen atoms in total. The molecule has 1 saturated heterocycles. The maximum absolute atomic E-state index is 6.14. The fraction of sp³-hybridized carbons (Fsp3) is 0.381. The van der Waals surface area contributed by atoms with E-state index in [4.69, 9.17) is 16.3 Å². The number of piperazine rings is 1. The molecule has 1 aromatic heterocycles. The van der Waals surface area contributed by atoms with E-state index >= 15 is 0 Å². The van der Waals surface area contributed by atoms with Gasteiger partial charge in [-0.05, 0) is 34.7 Å². The summed E-state index contributed by atoms with van der Waals surface area (Å²) in [6.07, 6.45) is 0. The lowest BCUT2D eigenvalue weighted by molar-refractivity contribution is -0.927. The minimum Gasteiger partial charge on any atom is -0.383 e. The molecule has 0 spiro atoms. The number of nitrogens with zero attached hydrogens (tertiary/aromatic N) is 5. The van der Waals surface area contributed by atoms with Crippen molar-refractivity contribution in [3.8, 4) is 0 Å². The number of hydrogen-bond donors (Lipinski definition) is 1. The van der Waals surface area contributed by atoms with E-state index < -0.39 is 0 Å². The van der Waals surface area contributed by atoms with E-state index in [1.807, 2.05) is 16.8 Å². The standard InChI is InChI=1S/C21H25ClN6O/c1-29-16-15-28-21(23-24-25-28)20(17-7-9-18(22)10-8-17)27-13-11-26(12-14-27)19-5-3-2-4-6-19/h2-10,20H,11-16H2,1H3/p+1/t20-/m0/s1. The normalized spacial score (nSPS) is 16.1. The van der Waals surface area contributed by atoms with Crippen LogP contribution in [0.25, 0.3) is 0 Å². The number of methoxy groups -OCH3 is 1. The monoisotopic (exact) mass is 413 g/mol. The number of para-hydroxylation sites is 1. The zero-order valence-electron chi connectivity index (χ0n) is 16.5. The van der Waals surface area contributed by atoms with E-state index in [2.05, 4.69) is 62.9 Å². The highest BCUT2D eigenvalue weighted by molar-refractivity contribution is 6.30. The molecule has 152 valence electrons. The molecule has 4 rings (SSSR count). The average molecular weight is 414 g/mol. The molecule has 0 aliphatic carbocycles. The average Bonchev–Trinajstić information content (AvgIpc) is 3.23. The minimum absolute atomic E-state index is 0.0528. The van der Waals surface area contributed by atoms with Crippen molar-refractivity contribution in [3.63, 3.8) is 0 Å². The number of halogens is 1. The second kappa shape index (κ2) is 9.35. The largest absolute Gasteiger partial charge is 0.383 e. The van der Waals surface area contributed by atoms with Gasteiger partial charge in [0, 0.05) is 23.4 Å². The van der Waals surface area contributed by atoms with Gasteiger partial charge in [-0.15, -0.1) is 5.10 Å². The summed E-state index contributed by atoms with van der Waals surface area (Å²) in [6, 6.07) is 18.7. The molecule has 2 aromatic carbocycles. The summed E-state index contributed by atoms with van der Waals surface area (Å²) in [4.78, 5) is 3.89. The van der Waals surface area contributed by atoms with E-state index in [0.717, 1.165) is 37.0 Å². The van der Waals surface area contributed by atoms with Gasteiger partial charge in [-0.3, -0.25) is 0 Å². The fourth-order valence-corrected chi connectivity index (χ4v) is 4.08. The van der Waals surface area contributed by atoms with Crippen LogP contribution in [0, 0.1) is 0 Å². The summed E-state index contributed by atoms with van der Waals surface area (Å²) in [5.41, 5.74) is 2.45. The van der Waals surface area contributed by atoms with Gasteiger partial charge in [0.1, 0.15) is 0 Å².